The van der Waals surface area contributed by atoms with Crippen molar-refractivity contribution in [3.8, 4) is 5.75 Å². The highest BCUT2D eigenvalue weighted by atomic mass is 32.3. The summed E-state index contributed by atoms with van der Waals surface area (Å²) in [6, 6.07) is 8.41. The molecule has 0 unspecified atom stereocenters. The second kappa shape index (κ2) is 14.1. The van der Waals surface area contributed by atoms with Gasteiger partial charge in [-0.15, -0.1) is 0 Å². The molecule has 0 aliphatic heterocycles. The molecule has 0 aliphatic carbocycles. The summed E-state index contributed by atoms with van der Waals surface area (Å²) in [4.78, 5) is 0. The van der Waals surface area contributed by atoms with Crippen LogP contribution in [0.25, 0.3) is 0 Å². The van der Waals surface area contributed by atoms with E-state index in [0.29, 0.717) is 0 Å². The number of unbranched alkanes of at least 4 members (excludes halogenated alkanes) is 11. The van der Waals surface area contributed by atoms with Gasteiger partial charge in [0.25, 0.3) is 0 Å². The molecule has 0 N–H and O–H groups in total. The molecule has 1 rings (SSSR count). The van der Waals surface area contributed by atoms with Crippen molar-refractivity contribution in [3.63, 3.8) is 0 Å². The zero-order valence-electron chi connectivity index (χ0n) is 15.6. The molecular formula is C20H34O4S. The molecule has 0 saturated heterocycles. The van der Waals surface area contributed by atoms with Gasteiger partial charge in [0.05, 0.1) is 6.61 Å². The van der Waals surface area contributed by atoms with Crippen LogP contribution in [0.4, 0.5) is 0 Å². The summed E-state index contributed by atoms with van der Waals surface area (Å²) in [5, 5.41) is 0. The quantitative estimate of drug-likeness (QED) is 0.333. The van der Waals surface area contributed by atoms with E-state index in [0.717, 1.165) is 19.3 Å². The molecule has 5 heteroatoms. The van der Waals surface area contributed by atoms with E-state index in [9.17, 15) is 8.42 Å². The molecule has 0 spiro atoms. The maximum atomic E-state index is 11.7. The smallest absolute Gasteiger partial charge is 0.362 e. The van der Waals surface area contributed by atoms with Crippen LogP contribution in [-0.4, -0.2) is 15.0 Å². The summed E-state index contributed by atoms with van der Waals surface area (Å²) >= 11 is 0. The highest BCUT2D eigenvalue weighted by Crippen LogP contribution is 2.14. The first-order valence-corrected chi connectivity index (χ1v) is 11.1. The third-order valence-electron chi connectivity index (χ3n) is 4.17. The molecule has 0 atom stereocenters. The van der Waals surface area contributed by atoms with E-state index in [2.05, 4.69) is 6.92 Å². The highest BCUT2D eigenvalue weighted by molar-refractivity contribution is 7.82. The minimum absolute atomic E-state index is 0.187. The minimum atomic E-state index is -3.95. The predicted molar refractivity (Wildman–Crippen MR) is 103 cm³/mol. The molecule has 0 aliphatic rings. The lowest BCUT2D eigenvalue weighted by atomic mass is 10.1. The molecule has 0 heterocycles. The monoisotopic (exact) mass is 370 g/mol. The Morgan fingerprint density at radius 3 is 1.72 bits per heavy atom. The van der Waals surface area contributed by atoms with Gasteiger partial charge in [-0.25, -0.2) is 4.18 Å². The zero-order valence-corrected chi connectivity index (χ0v) is 16.4. The van der Waals surface area contributed by atoms with Crippen molar-refractivity contribution in [2.45, 2.75) is 84.0 Å². The van der Waals surface area contributed by atoms with Crippen LogP contribution in [0.3, 0.4) is 0 Å². The summed E-state index contributed by atoms with van der Waals surface area (Å²) < 4.78 is 33.0. The zero-order chi connectivity index (χ0) is 18.2. The predicted octanol–water partition coefficient (Wildman–Crippen LogP) is 6.03. The van der Waals surface area contributed by atoms with E-state index in [1.807, 2.05) is 0 Å². The largest absolute Gasteiger partial charge is 0.449 e. The molecule has 144 valence electrons. The first-order chi connectivity index (χ1) is 12.1. The fourth-order valence-corrected chi connectivity index (χ4v) is 3.44. The van der Waals surface area contributed by atoms with Crippen molar-refractivity contribution < 1.29 is 16.8 Å². The summed E-state index contributed by atoms with van der Waals surface area (Å²) in [6.45, 7) is 2.43. The van der Waals surface area contributed by atoms with E-state index in [1.54, 1.807) is 30.3 Å². The highest BCUT2D eigenvalue weighted by Gasteiger charge is 2.12. The molecule has 0 saturated carbocycles. The summed E-state index contributed by atoms with van der Waals surface area (Å²) in [5.41, 5.74) is 0. The maximum absolute atomic E-state index is 11.7. The number of benzene rings is 1. The SMILES string of the molecule is CCCCCCCCCCCCCCOS(=O)(=O)Oc1ccccc1. The normalized spacial score (nSPS) is 11.6. The van der Waals surface area contributed by atoms with Gasteiger partial charge in [-0.3, -0.25) is 0 Å². The molecule has 4 nitrogen and oxygen atoms in total. The van der Waals surface area contributed by atoms with Crippen molar-refractivity contribution in [2.24, 2.45) is 0 Å². The van der Waals surface area contributed by atoms with Gasteiger partial charge in [-0.1, -0.05) is 95.8 Å². The Hall–Kier alpha value is -1.07. The van der Waals surface area contributed by atoms with Gasteiger partial charge < -0.3 is 4.18 Å². The molecule has 0 fully saturated rings. The standard InChI is InChI=1S/C20H34O4S/c1-2-3-4-5-6-7-8-9-10-11-12-16-19-23-25(21,22)24-20-17-14-13-15-18-20/h13-15,17-18H,2-12,16,19H2,1H3. The third-order valence-corrected chi connectivity index (χ3v) is 5.02. The lowest BCUT2D eigenvalue weighted by Gasteiger charge is -2.07. The second-order valence-electron chi connectivity index (χ2n) is 6.52. The second-order valence-corrected chi connectivity index (χ2v) is 7.73. The minimum Gasteiger partial charge on any atom is -0.362 e. The van der Waals surface area contributed by atoms with Crippen LogP contribution in [0.5, 0.6) is 5.75 Å². The molecule has 25 heavy (non-hydrogen) atoms. The molecule has 0 aromatic heterocycles. The van der Waals surface area contributed by atoms with Crippen LogP contribution in [-0.2, 0) is 14.6 Å². The van der Waals surface area contributed by atoms with Crippen molar-refractivity contribution in [1.29, 1.82) is 0 Å². The van der Waals surface area contributed by atoms with Crippen LogP contribution in [0.15, 0.2) is 30.3 Å². The van der Waals surface area contributed by atoms with Gasteiger partial charge in [0.15, 0.2) is 0 Å². The average Bonchev–Trinajstić information content (AvgIpc) is 2.59. The third kappa shape index (κ3) is 12.9. The Morgan fingerprint density at radius 1 is 0.720 bits per heavy atom. The lowest BCUT2D eigenvalue weighted by Crippen LogP contribution is -2.14. The first kappa shape index (κ1) is 22.0. The first-order valence-electron chi connectivity index (χ1n) is 9.78. The molecule has 1 aromatic carbocycles. The van der Waals surface area contributed by atoms with Gasteiger partial charge >= 0.3 is 10.4 Å². The van der Waals surface area contributed by atoms with Gasteiger partial charge in [0, 0.05) is 0 Å². The van der Waals surface area contributed by atoms with Gasteiger partial charge in [-0.2, -0.15) is 8.42 Å². The van der Waals surface area contributed by atoms with Crippen molar-refractivity contribution in [2.75, 3.05) is 6.61 Å². The fourth-order valence-electron chi connectivity index (χ4n) is 2.72. The van der Waals surface area contributed by atoms with E-state index in [1.165, 1.54) is 57.8 Å². The maximum Gasteiger partial charge on any atom is 0.449 e. The Balaban J connectivity index is 1.91. The number of hydrogen-bond acceptors (Lipinski definition) is 4. The summed E-state index contributed by atoms with van der Waals surface area (Å²) in [5.74, 6) is 0.275. The number of para-hydroxylation sites is 1. The van der Waals surface area contributed by atoms with Crippen LogP contribution < -0.4 is 4.18 Å². The van der Waals surface area contributed by atoms with E-state index in [4.69, 9.17) is 8.37 Å². The van der Waals surface area contributed by atoms with Crippen molar-refractivity contribution in [3.05, 3.63) is 30.3 Å². The molecule has 0 amide bonds. The van der Waals surface area contributed by atoms with Crippen LogP contribution in [0.2, 0.25) is 0 Å². The van der Waals surface area contributed by atoms with Gasteiger partial charge in [0.2, 0.25) is 0 Å². The number of rotatable bonds is 16. The van der Waals surface area contributed by atoms with Crippen LogP contribution >= 0.6 is 0 Å². The Bertz CT molecular complexity index is 514. The van der Waals surface area contributed by atoms with E-state index in [-0.39, 0.29) is 12.4 Å². The van der Waals surface area contributed by atoms with Crippen LogP contribution in [0.1, 0.15) is 84.0 Å². The topological polar surface area (TPSA) is 52.6 Å². The molecular weight excluding hydrogens is 336 g/mol. The molecule has 0 radical (unpaired) electrons. The van der Waals surface area contributed by atoms with Gasteiger partial charge in [0.1, 0.15) is 5.75 Å². The summed E-state index contributed by atoms with van der Waals surface area (Å²) in [7, 11) is -3.95. The van der Waals surface area contributed by atoms with Gasteiger partial charge in [-0.05, 0) is 18.6 Å². The Morgan fingerprint density at radius 2 is 1.20 bits per heavy atom. The van der Waals surface area contributed by atoms with Crippen molar-refractivity contribution in [1.82, 2.24) is 0 Å². The Labute approximate surface area is 154 Å². The van der Waals surface area contributed by atoms with E-state index >= 15 is 0 Å². The molecule has 1 aromatic rings. The van der Waals surface area contributed by atoms with Crippen molar-refractivity contribution >= 4 is 10.4 Å². The summed E-state index contributed by atoms with van der Waals surface area (Å²) in [6.07, 6.45) is 14.9. The Kier molecular flexibility index (Phi) is 12.4. The van der Waals surface area contributed by atoms with Crippen LogP contribution in [0, 0.1) is 0 Å². The fraction of sp³-hybridized carbons (Fsp3) is 0.700. The number of hydrogen-bond donors (Lipinski definition) is 0. The average molecular weight is 371 g/mol. The lowest BCUT2D eigenvalue weighted by molar-refractivity contribution is 0.265. The van der Waals surface area contributed by atoms with E-state index < -0.39 is 10.4 Å². The molecule has 0 bridgehead atoms.